The van der Waals surface area contributed by atoms with E-state index in [1.165, 1.54) is 0 Å². The van der Waals surface area contributed by atoms with Crippen LogP contribution in [0.5, 0.6) is 0 Å². The van der Waals surface area contributed by atoms with Gasteiger partial charge in [0.2, 0.25) is 11.9 Å². The quantitative estimate of drug-likeness (QED) is 0.567. The lowest BCUT2D eigenvalue weighted by Crippen LogP contribution is -2.02. The van der Waals surface area contributed by atoms with Gasteiger partial charge < -0.3 is 11.1 Å². The molecule has 0 radical (unpaired) electrons. The molecule has 128 valence electrons. The molecule has 0 unspecified atom stereocenters. The second-order valence-corrected chi connectivity index (χ2v) is 5.47. The normalized spacial score (nSPS) is 11.3. The highest BCUT2D eigenvalue weighted by molar-refractivity contribution is 5.77. The molecule has 4 aromatic rings. The van der Waals surface area contributed by atoms with Crippen molar-refractivity contribution >= 4 is 28.7 Å². The maximum absolute atomic E-state index is 6.07. The third-order valence-electron chi connectivity index (χ3n) is 3.84. The van der Waals surface area contributed by atoms with Gasteiger partial charge in [-0.2, -0.15) is 15.2 Å². The van der Waals surface area contributed by atoms with Crippen LogP contribution in [0.3, 0.4) is 0 Å². The second kappa shape index (κ2) is 5.89. The van der Waals surface area contributed by atoms with E-state index >= 15 is 0 Å². The van der Waals surface area contributed by atoms with Crippen molar-refractivity contribution in [1.29, 1.82) is 0 Å². The van der Waals surface area contributed by atoms with Crippen molar-refractivity contribution in [1.82, 2.24) is 39.1 Å². The molecule has 4 rings (SSSR count). The topological polar surface area (TPSA) is 117 Å². The van der Waals surface area contributed by atoms with Crippen LogP contribution in [0.15, 0.2) is 31.0 Å². The highest BCUT2D eigenvalue weighted by atomic mass is 15.3. The molecule has 0 aliphatic rings. The smallest absolute Gasteiger partial charge is 0.229 e. The fourth-order valence-corrected chi connectivity index (χ4v) is 2.58. The molecule has 0 aliphatic carbocycles. The number of imidazole rings is 1. The first-order valence-corrected chi connectivity index (χ1v) is 8.01. The van der Waals surface area contributed by atoms with E-state index in [1.54, 1.807) is 23.2 Å². The van der Waals surface area contributed by atoms with Crippen LogP contribution < -0.4 is 11.1 Å². The van der Waals surface area contributed by atoms with E-state index in [9.17, 15) is 0 Å². The van der Waals surface area contributed by atoms with Gasteiger partial charge >= 0.3 is 0 Å². The summed E-state index contributed by atoms with van der Waals surface area (Å²) in [6.45, 7) is 5.62. The number of anilines is 3. The zero-order chi connectivity index (χ0) is 17.4. The molecule has 0 amide bonds. The Hall–Kier alpha value is -3.43. The Labute approximate surface area is 143 Å². The Bertz CT molecular complexity index is 1020. The van der Waals surface area contributed by atoms with E-state index in [1.807, 2.05) is 35.6 Å². The lowest BCUT2D eigenvalue weighted by molar-refractivity contribution is 0.659. The summed E-state index contributed by atoms with van der Waals surface area (Å²) in [5, 5.41) is 11.7. The van der Waals surface area contributed by atoms with Crippen molar-refractivity contribution in [2.45, 2.75) is 26.9 Å². The Morgan fingerprint density at radius 2 is 1.76 bits per heavy atom. The summed E-state index contributed by atoms with van der Waals surface area (Å²) < 4.78 is 5.40. The van der Waals surface area contributed by atoms with E-state index in [4.69, 9.17) is 5.73 Å². The average molecular weight is 338 g/mol. The molecular weight excluding hydrogens is 320 g/mol. The van der Waals surface area contributed by atoms with Gasteiger partial charge in [-0.3, -0.25) is 13.9 Å². The molecule has 0 saturated heterocycles. The van der Waals surface area contributed by atoms with Crippen LogP contribution in [0.25, 0.3) is 16.9 Å². The maximum atomic E-state index is 6.07. The fraction of sp³-hybridized carbons (Fsp3) is 0.267. The molecule has 0 bridgehead atoms. The van der Waals surface area contributed by atoms with Crippen LogP contribution in [0.1, 0.15) is 13.8 Å². The number of nitrogen functional groups attached to an aromatic ring is 1. The minimum atomic E-state index is 0.343. The number of hydrogen-bond donors (Lipinski definition) is 2. The first-order chi connectivity index (χ1) is 12.2. The van der Waals surface area contributed by atoms with Gasteiger partial charge in [0.05, 0.1) is 30.0 Å². The Morgan fingerprint density at radius 3 is 2.48 bits per heavy atom. The first-order valence-electron chi connectivity index (χ1n) is 8.01. The van der Waals surface area contributed by atoms with Gasteiger partial charge in [-0.15, -0.1) is 0 Å². The fourth-order valence-electron chi connectivity index (χ4n) is 2.58. The largest absolute Gasteiger partial charge is 0.369 e. The summed E-state index contributed by atoms with van der Waals surface area (Å²) in [6, 6.07) is 0. The zero-order valence-electron chi connectivity index (χ0n) is 14.0. The van der Waals surface area contributed by atoms with Crippen molar-refractivity contribution in [2.75, 3.05) is 11.1 Å². The third kappa shape index (κ3) is 2.67. The summed E-state index contributed by atoms with van der Waals surface area (Å²) >= 11 is 0. The highest BCUT2D eigenvalue weighted by Gasteiger charge is 2.14. The predicted octanol–water partition coefficient (Wildman–Crippen LogP) is 1.57. The number of nitrogens with two attached hydrogens (primary N) is 1. The summed E-state index contributed by atoms with van der Waals surface area (Å²) in [6.07, 6.45) is 8.91. The highest BCUT2D eigenvalue weighted by Crippen LogP contribution is 2.22. The van der Waals surface area contributed by atoms with Gasteiger partial charge in [0.15, 0.2) is 5.65 Å². The summed E-state index contributed by atoms with van der Waals surface area (Å²) in [7, 11) is 0. The molecule has 4 aromatic heterocycles. The minimum Gasteiger partial charge on any atom is -0.369 e. The predicted molar refractivity (Wildman–Crippen MR) is 93.7 cm³/mol. The van der Waals surface area contributed by atoms with Gasteiger partial charge in [0, 0.05) is 25.5 Å². The first kappa shape index (κ1) is 15.1. The van der Waals surface area contributed by atoms with Gasteiger partial charge in [0.25, 0.3) is 0 Å². The van der Waals surface area contributed by atoms with Crippen molar-refractivity contribution < 1.29 is 0 Å². The number of nitrogens with one attached hydrogen (secondary N) is 1. The van der Waals surface area contributed by atoms with E-state index < -0.39 is 0 Å². The SMILES string of the molecule is CCn1cc(Nc2ncc3nc(N)n(-c4cnn(CC)c4)c3n2)cn1. The molecule has 0 aromatic carbocycles. The molecular formula is C15H18N10. The van der Waals surface area contributed by atoms with Crippen LogP contribution in [0.4, 0.5) is 17.6 Å². The number of hydrogen-bond acceptors (Lipinski definition) is 7. The molecule has 10 nitrogen and oxygen atoms in total. The average Bonchev–Trinajstić information content (AvgIpc) is 3.32. The Balaban J connectivity index is 1.75. The lowest BCUT2D eigenvalue weighted by Gasteiger charge is -2.04. The van der Waals surface area contributed by atoms with E-state index in [-0.39, 0.29) is 0 Å². The standard InChI is InChI=1S/C15H18N10/c1-3-23-8-10(5-18-23)20-15-17-7-12-13(22-15)25(14(16)21-12)11-6-19-24(4-2)9-11/h5-9H,3-4H2,1-2H3,(H2,16,21)(H,17,20,22). The maximum Gasteiger partial charge on any atom is 0.229 e. The number of aromatic nitrogens is 8. The van der Waals surface area contributed by atoms with Crippen molar-refractivity contribution in [2.24, 2.45) is 0 Å². The van der Waals surface area contributed by atoms with E-state index in [2.05, 4.69) is 30.5 Å². The van der Waals surface area contributed by atoms with E-state index in [0.29, 0.717) is 23.1 Å². The number of fused-ring (bicyclic) bond motifs is 1. The second-order valence-electron chi connectivity index (χ2n) is 5.47. The summed E-state index contributed by atoms with van der Waals surface area (Å²) in [4.78, 5) is 13.2. The zero-order valence-corrected chi connectivity index (χ0v) is 14.0. The van der Waals surface area contributed by atoms with Gasteiger partial charge in [-0.25, -0.2) is 9.97 Å². The van der Waals surface area contributed by atoms with Gasteiger partial charge in [0.1, 0.15) is 5.52 Å². The number of aryl methyl sites for hydroxylation is 2. The monoisotopic (exact) mass is 338 g/mol. The lowest BCUT2D eigenvalue weighted by atomic mass is 10.5. The van der Waals surface area contributed by atoms with Crippen LogP contribution in [0, 0.1) is 0 Å². The molecule has 25 heavy (non-hydrogen) atoms. The molecule has 10 heteroatoms. The molecule has 0 saturated carbocycles. The van der Waals surface area contributed by atoms with Gasteiger partial charge in [-0.05, 0) is 13.8 Å². The molecule has 3 N–H and O–H groups in total. The van der Waals surface area contributed by atoms with Crippen LogP contribution in [-0.2, 0) is 13.1 Å². The Morgan fingerprint density at radius 1 is 1.00 bits per heavy atom. The Kier molecular flexibility index (Phi) is 3.56. The van der Waals surface area contributed by atoms with E-state index in [0.717, 1.165) is 24.5 Å². The van der Waals surface area contributed by atoms with Crippen LogP contribution in [0.2, 0.25) is 0 Å². The molecule has 4 heterocycles. The third-order valence-corrected chi connectivity index (χ3v) is 3.84. The number of nitrogens with zero attached hydrogens (tertiary/aromatic N) is 8. The van der Waals surface area contributed by atoms with Crippen molar-refractivity contribution in [3.8, 4) is 5.69 Å². The minimum absolute atomic E-state index is 0.343. The summed E-state index contributed by atoms with van der Waals surface area (Å²) in [5.41, 5.74) is 8.94. The molecule has 0 atom stereocenters. The van der Waals surface area contributed by atoms with Crippen LogP contribution in [-0.4, -0.2) is 39.1 Å². The van der Waals surface area contributed by atoms with Gasteiger partial charge in [-0.1, -0.05) is 0 Å². The molecule has 0 aliphatic heterocycles. The summed E-state index contributed by atoms with van der Waals surface area (Å²) in [5.74, 6) is 0.795. The van der Waals surface area contributed by atoms with Crippen molar-refractivity contribution in [3.05, 3.63) is 31.0 Å². The molecule has 0 spiro atoms. The molecule has 0 fully saturated rings. The number of rotatable bonds is 5. The van der Waals surface area contributed by atoms with Crippen LogP contribution >= 0.6 is 0 Å². The van der Waals surface area contributed by atoms with Crippen molar-refractivity contribution in [3.63, 3.8) is 0 Å².